The summed E-state index contributed by atoms with van der Waals surface area (Å²) in [6, 6.07) is 8.34. The van der Waals surface area contributed by atoms with Gasteiger partial charge < -0.3 is 5.32 Å². The summed E-state index contributed by atoms with van der Waals surface area (Å²) >= 11 is 1.69. The molecule has 0 spiro atoms. The van der Waals surface area contributed by atoms with Crippen LogP contribution in [0.3, 0.4) is 0 Å². The molecule has 1 aromatic heterocycles. The van der Waals surface area contributed by atoms with Crippen molar-refractivity contribution >= 4 is 17.0 Å². The van der Waals surface area contributed by atoms with Gasteiger partial charge in [0.2, 0.25) is 0 Å². The van der Waals surface area contributed by atoms with Crippen molar-refractivity contribution in [1.29, 1.82) is 5.26 Å². The molecule has 0 saturated heterocycles. The number of thiophene rings is 1. The van der Waals surface area contributed by atoms with E-state index in [1.54, 1.807) is 17.4 Å². The number of hydrogen-bond acceptors (Lipinski definition) is 3. The molecule has 1 aromatic carbocycles. The number of aryl methyl sites for hydroxylation is 1. The van der Waals surface area contributed by atoms with Crippen LogP contribution in [-0.2, 0) is 13.0 Å². The lowest BCUT2D eigenvalue weighted by Crippen LogP contribution is -2.00. The third-order valence-electron chi connectivity index (χ3n) is 2.70. The van der Waals surface area contributed by atoms with Gasteiger partial charge in [-0.05, 0) is 41.6 Å². The third-order valence-corrected chi connectivity index (χ3v) is 3.66. The predicted octanol–water partition coefficient (Wildman–Crippen LogP) is 3.93. The summed E-state index contributed by atoms with van der Waals surface area (Å²) in [5.41, 5.74) is 2.28. The highest BCUT2D eigenvalue weighted by atomic mass is 32.1. The molecular weight excluding hydrogens is 247 g/mol. The van der Waals surface area contributed by atoms with Crippen LogP contribution in [0.25, 0.3) is 0 Å². The number of rotatable bonds is 4. The minimum Gasteiger partial charge on any atom is -0.380 e. The molecule has 0 atom stereocenters. The smallest absolute Gasteiger partial charge is 0.126 e. The lowest BCUT2D eigenvalue weighted by molar-refractivity contribution is 0.627. The molecule has 4 heteroatoms. The van der Waals surface area contributed by atoms with Gasteiger partial charge in [0.1, 0.15) is 5.82 Å². The van der Waals surface area contributed by atoms with Crippen LogP contribution in [0.4, 0.5) is 10.1 Å². The van der Waals surface area contributed by atoms with Gasteiger partial charge in [-0.25, -0.2) is 4.39 Å². The van der Waals surface area contributed by atoms with Crippen LogP contribution in [0.15, 0.2) is 29.6 Å². The van der Waals surface area contributed by atoms with E-state index in [0.29, 0.717) is 17.8 Å². The maximum Gasteiger partial charge on any atom is 0.126 e. The Kier molecular flexibility index (Phi) is 3.96. The van der Waals surface area contributed by atoms with E-state index >= 15 is 0 Å². The quantitative estimate of drug-likeness (QED) is 0.904. The topological polar surface area (TPSA) is 35.8 Å². The average molecular weight is 260 g/mol. The Morgan fingerprint density at radius 2 is 2.22 bits per heavy atom. The second kappa shape index (κ2) is 5.65. The Labute approximate surface area is 110 Å². The molecule has 2 aromatic rings. The molecule has 0 aliphatic heterocycles. The highest BCUT2D eigenvalue weighted by Gasteiger charge is 2.04. The largest absolute Gasteiger partial charge is 0.380 e. The van der Waals surface area contributed by atoms with Gasteiger partial charge in [-0.2, -0.15) is 5.26 Å². The maximum atomic E-state index is 13.2. The number of nitriles is 1. The second-order valence-electron chi connectivity index (χ2n) is 3.92. The van der Waals surface area contributed by atoms with Crippen LogP contribution in [0.5, 0.6) is 0 Å². The van der Waals surface area contributed by atoms with Crippen LogP contribution in [0, 0.1) is 17.1 Å². The van der Waals surface area contributed by atoms with Crippen molar-refractivity contribution in [1.82, 2.24) is 0 Å². The SMILES string of the molecule is CCc1ccsc1CNc1cc(F)cc(C#N)c1. The van der Waals surface area contributed by atoms with E-state index in [0.717, 1.165) is 6.42 Å². The van der Waals surface area contributed by atoms with Gasteiger partial charge in [-0.15, -0.1) is 11.3 Å². The monoisotopic (exact) mass is 260 g/mol. The first-order valence-electron chi connectivity index (χ1n) is 5.72. The molecule has 0 saturated carbocycles. The van der Waals surface area contributed by atoms with E-state index in [1.165, 1.54) is 22.6 Å². The normalized spacial score (nSPS) is 10.1. The van der Waals surface area contributed by atoms with E-state index in [-0.39, 0.29) is 0 Å². The van der Waals surface area contributed by atoms with E-state index < -0.39 is 5.82 Å². The van der Waals surface area contributed by atoms with Crippen molar-refractivity contribution in [3.8, 4) is 6.07 Å². The van der Waals surface area contributed by atoms with Crippen LogP contribution in [0.1, 0.15) is 22.9 Å². The number of hydrogen-bond donors (Lipinski definition) is 1. The van der Waals surface area contributed by atoms with Gasteiger partial charge in [-0.1, -0.05) is 6.92 Å². The Bertz CT molecular complexity index is 584. The van der Waals surface area contributed by atoms with Gasteiger partial charge >= 0.3 is 0 Å². The third kappa shape index (κ3) is 2.88. The summed E-state index contributed by atoms with van der Waals surface area (Å²) < 4.78 is 13.2. The first-order valence-corrected chi connectivity index (χ1v) is 6.60. The molecule has 0 radical (unpaired) electrons. The highest BCUT2D eigenvalue weighted by Crippen LogP contribution is 2.20. The van der Waals surface area contributed by atoms with E-state index in [1.807, 2.05) is 6.07 Å². The molecule has 0 amide bonds. The molecule has 92 valence electrons. The number of anilines is 1. The Morgan fingerprint density at radius 3 is 2.94 bits per heavy atom. The number of benzene rings is 1. The van der Waals surface area contributed by atoms with Crippen LogP contribution >= 0.6 is 11.3 Å². The van der Waals surface area contributed by atoms with Crippen molar-refractivity contribution in [3.63, 3.8) is 0 Å². The van der Waals surface area contributed by atoms with Gasteiger partial charge in [0.15, 0.2) is 0 Å². The molecular formula is C14H13FN2S. The first-order chi connectivity index (χ1) is 8.72. The minimum absolute atomic E-state index is 0.333. The van der Waals surface area contributed by atoms with E-state index in [9.17, 15) is 4.39 Å². The Morgan fingerprint density at radius 1 is 1.39 bits per heavy atom. The summed E-state index contributed by atoms with van der Waals surface area (Å²) in [6.45, 7) is 2.77. The number of nitrogens with one attached hydrogen (secondary N) is 1. The summed E-state index contributed by atoms with van der Waals surface area (Å²) in [5, 5.41) is 14.0. The fourth-order valence-electron chi connectivity index (χ4n) is 1.78. The van der Waals surface area contributed by atoms with Crippen molar-refractivity contribution in [2.24, 2.45) is 0 Å². The van der Waals surface area contributed by atoms with E-state index in [2.05, 4.69) is 23.7 Å². The molecule has 18 heavy (non-hydrogen) atoms. The van der Waals surface area contributed by atoms with Crippen molar-refractivity contribution in [2.75, 3.05) is 5.32 Å². The first kappa shape index (κ1) is 12.6. The van der Waals surface area contributed by atoms with Crippen LogP contribution < -0.4 is 5.32 Å². The lowest BCUT2D eigenvalue weighted by atomic mass is 10.2. The van der Waals surface area contributed by atoms with Gasteiger partial charge in [0.25, 0.3) is 0 Å². The molecule has 1 N–H and O–H groups in total. The molecule has 2 rings (SSSR count). The molecule has 0 aliphatic rings. The average Bonchev–Trinajstić information content (AvgIpc) is 2.83. The standard InChI is InChI=1S/C14H13FN2S/c1-2-11-3-4-18-14(11)9-17-13-6-10(8-16)5-12(15)7-13/h3-7,17H,2,9H2,1H3. The fourth-order valence-corrected chi connectivity index (χ4v) is 2.69. The van der Waals surface area contributed by atoms with E-state index in [4.69, 9.17) is 5.26 Å². The Balaban J connectivity index is 2.11. The van der Waals surface area contributed by atoms with Crippen molar-refractivity contribution < 1.29 is 4.39 Å². The minimum atomic E-state index is -0.390. The molecule has 0 bridgehead atoms. The number of halogens is 1. The zero-order chi connectivity index (χ0) is 13.0. The molecule has 2 nitrogen and oxygen atoms in total. The van der Waals surface area contributed by atoms with Gasteiger partial charge in [0, 0.05) is 17.1 Å². The fraction of sp³-hybridized carbons (Fsp3) is 0.214. The van der Waals surface area contributed by atoms with Crippen LogP contribution in [0.2, 0.25) is 0 Å². The summed E-state index contributed by atoms with van der Waals surface area (Å²) in [5.74, 6) is -0.390. The van der Waals surface area contributed by atoms with Gasteiger partial charge in [-0.3, -0.25) is 0 Å². The second-order valence-corrected chi connectivity index (χ2v) is 4.92. The Hall–Kier alpha value is -1.86. The lowest BCUT2D eigenvalue weighted by Gasteiger charge is -2.07. The van der Waals surface area contributed by atoms with Crippen LogP contribution in [-0.4, -0.2) is 0 Å². The number of nitrogens with zero attached hydrogens (tertiary/aromatic N) is 1. The predicted molar refractivity (Wildman–Crippen MR) is 72.1 cm³/mol. The van der Waals surface area contributed by atoms with Gasteiger partial charge in [0.05, 0.1) is 11.6 Å². The summed E-state index contributed by atoms with van der Waals surface area (Å²) in [7, 11) is 0. The zero-order valence-electron chi connectivity index (χ0n) is 10.0. The zero-order valence-corrected chi connectivity index (χ0v) is 10.9. The molecule has 1 heterocycles. The maximum absolute atomic E-state index is 13.2. The highest BCUT2D eigenvalue weighted by molar-refractivity contribution is 7.10. The molecule has 0 aliphatic carbocycles. The summed E-state index contributed by atoms with van der Waals surface area (Å²) in [4.78, 5) is 1.25. The van der Waals surface area contributed by atoms with Crippen molar-refractivity contribution in [3.05, 3.63) is 51.5 Å². The van der Waals surface area contributed by atoms with Crippen molar-refractivity contribution in [2.45, 2.75) is 19.9 Å². The molecule has 0 fully saturated rings. The molecule has 0 unspecified atom stereocenters. The summed E-state index contributed by atoms with van der Waals surface area (Å²) in [6.07, 6.45) is 0.993.